The van der Waals surface area contributed by atoms with Crippen LogP contribution in [0.25, 0.3) is 22.4 Å². The summed E-state index contributed by atoms with van der Waals surface area (Å²) in [5, 5.41) is 8.06. The van der Waals surface area contributed by atoms with Gasteiger partial charge in [-0.2, -0.15) is 0 Å². The topological polar surface area (TPSA) is 54.0 Å². The molecule has 0 spiro atoms. The zero-order valence-corrected chi connectivity index (χ0v) is 15.2. The van der Waals surface area contributed by atoms with Crippen LogP contribution in [-0.2, 0) is 0 Å². The van der Waals surface area contributed by atoms with Crippen LogP contribution in [0.5, 0.6) is 0 Å². The molecule has 27 heavy (non-hydrogen) atoms. The van der Waals surface area contributed by atoms with Crippen molar-refractivity contribution in [3.05, 3.63) is 90.3 Å². The highest BCUT2D eigenvalue weighted by Crippen LogP contribution is 2.27. The molecule has 0 bridgehead atoms. The fourth-order valence-corrected chi connectivity index (χ4v) is 3.42. The number of benzene rings is 3. The highest BCUT2D eigenvalue weighted by atomic mass is 32.1. The molecule has 132 valence electrons. The van der Waals surface area contributed by atoms with Crippen molar-refractivity contribution in [2.45, 2.75) is 0 Å². The molecular weight excluding hydrogens is 354 g/mol. The van der Waals surface area contributed by atoms with Gasteiger partial charge in [-0.15, -0.1) is 11.3 Å². The van der Waals surface area contributed by atoms with Crippen molar-refractivity contribution in [1.29, 1.82) is 0 Å². The summed E-state index contributed by atoms with van der Waals surface area (Å²) in [5.41, 5.74) is 4.94. The molecule has 0 atom stereocenters. The molecule has 0 unspecified atom stereocenters. The van der Waals surface area contributed by atoms with Gasteiger partial charge in [0.05, 0.1) is 5.69 Å². The van der Waals surface area contributed by atoms with Gasteiger partial charge in [-0.05, 0) is 23.3 Å². The first kappa shape index (κ1) is 17.0. The van der Waals surface area contributed by atoms with Crippen LogP contribution in [0, 0.1) is 0 Å². The van der Waals surface area contributed by atoms with E-state index in [1.165, 1.54) is 16.9 Å². The Bertz CT molecular complexity index is 1030. The average molecular weight is 371 g/mol. The Morgan fingerprint density at radius 1 is 0.704 bits per heavy atom. The van der Waals surface area contributed by atoms with Gasteiger partial charge in [-0.1, -0.05) is 72.8 Å². The van der Waals surface area contributed by atoms with Crippen molar-refractivity contribution < 1.29 is 4.79 Å². The summed E-state index contributed by atoms with van der Waals surface area (Å²) in [6.07, 6.45) is 0. The second-order valence-corrected chi connectivity index (χ2v) is 6.78. The number of anilines is 2. The minimum Gasteiger partial charge on any atom is -0.308 e. The SMILES string of the molecule is O=C(Nc1ccccc1)Nc1nc(-c2ccc(-c3ccccc3)cc2)cs1. The number of nitrogens with zero attached hydrogens (tertiary/aromatic N) is 1. The quantitative estimate of drug-likeness (QED) is 0.454. The first-order chi connectivity index (χ1) is 13.3. The Morgan fingerprint density at radius 3 is 2.00 bits per heavy atom. The minimum absolute atomic E-state index is 0.304. The molecule has 4 aromatic rings. The van der Waals surface area contributed by atoms with Gasteiger partial charge in [0, 0.05) is 16.6 Å². The van der Waals surface area contributed by atoms with Crippen molar-refractivity contribution in [3.63, 3.8) is 0 Å². The van der Waals surface area contributed by atoms with E-state index >= 15 is 0 Å². The molecule has 0 saturated heterocycles. The monoisotopic (exact) mass is 371 g/mol. The first-order valence-electron chi connectivity index (χ1n) is 8.52. The Labute approximate surface area is 161 Å². The number of urea groups is 1. The number of amides is 2. The Balaban J connectivity index is 1.44. The molecule has 4 nitrogen and oxygen atoms in total. The van der Waals surface area contributed by atoms with E-state index < -0.39 is 0 Å². The molecule has 1 aromatic heterocycles. The fraction of sp³-hybridized carbons (Fsp3) is 0. The molecule has 0 aliphatic rings. The minimum atomic E-state index is -0.304. The van der Waals surface area contributed by atoms with E-state index in [-0.39, 0.29) is 6.03 Å². The van der Waals surface area contributed by atoms with Crippen LogP contribution in [0.2, 0.25) is 0 Å². The van der Waals surface area contributed by atoms with Gasteiger partial charge in [-0.3, -0.25) is 5.32 Å². The number of thiazole rings is 1. The summed E-state index contributed by atoms with van der Waals surface area (Å²) >= 11 is 1.40. The fourth-order valence-electron chi connectivity index (χ4n) is 2.71. The number of hydrogen-bond donors (Lipinski definition) is 2. The van der Waals surface area contributed by atoms with Crippen LogP contribution in [0.1, 0.15) is 0 Å². The van der Waals surface area contributed by atoms with E-state index in [2.05, 4.69) is 39.9 Å². The zero-order valence-electron chi connectivity index (χ0n) is 14.4. The van der Waals surface area contributed by atoms with Crippen molar-refractivity contribution in [3.8, 4) is 22.4 Å². The van der Waals surface area contributed by atoms with E-state index in [1.807, 2.05) is 66.0 Å². The maximum absolute atomic E-state index is 12.1. The lowest BCUT2D eigenvalue weighted by Gasteiger charge is -2.05. The summed E-state index contributed by atoms with van der Waals surface area (Å²) in [6, 6.07) is 27.5. The zero-order chi connectivity index (χ0) is 18.5. The van der Waals surface area contributed by atoms with Crippen molar-refractivity contribution >= 4 is 28.2 Å². The van der Waals surface area contributed by atoms with Crippen molar-refractivity contribution in [2.24, 2.45) is 0 Å². The highest BCUT2D eigenvalue weighted by Gasteiger charge is 2.08. The predicted molar refractivity (Wildman–Crippen MR) is 112 cm³/mol. The molecule has 4 rings (SSSR count). The average Bonchev–Trinajstić information content (AvgIpc) is 3.18. The maximum atomic E-state index is 12.1. The van der Waals surface area contributed by atoms with Crippen LogP contribution < -0.4 is 10.6 Å². The summed E-state index contributed by atoms with van der Waals surface area (Å²) in [5.74, 6) is 0. The summed E-state index contributed by atoms with van der Waals surface area (Å²) < 4.78 is 0. The second-order valence-electron chi connectivity index (χ2n) is 5.93. The molecule has 5 heteroatoms. The molecule has 2 N–H and O–H groups in total. The molecule has 0 fully saturated rings. The lowest BCUT2D eigenvalue weighted by Crippen LogP contribution is -2.19. The normalized spacial score (nSPS) is 10.4. The third kappa shape index (κ3) is 4.22. The number of carbonyl (C=O) groups excluding carboxylic acids is 1. The molecular formula is C22H17N3OS. The second kappa shape index (κ2) is 7.85. The molecule has 0 aliphatic carbocycles. The molecule has 0 radical (unpaired) electrons. The van der Waals surface area contributed by atoms with E-state index in [0.29, 0.717) is 5.13 Å². The third-order valence-corrected chi connectivity index (χ3v) is 4.80. The Kier molecular flexibility index (Phi) is 4.94. The van der Waals surface area contributed by atoms with E-state index in [9.17, 15) is 4.79 Å². The first-order valence-corrected chi connectivity index (χ1v) is 9.40. The van der Waals surface area contributed by atoms with Crippen molar-refractivity contribution in [1.82, 2.24) is 4.98 Å². The van der Waals surface area contributed by atoms with Gasteiger partial charge < -0.3 is 5.32 Å². The van der Waals surface area contributed by atoms with Gasteiger partial charge in [0.15, 0.2) is 5.13 Å². The molecule has 0 saturated carbocycles. The molecule has 2 amide bonds. The van der Waals surface area contributed by atoms with Crippen molar-refractivity contribution in [2.75, 3.05) is 10.6 Å². The lowest BCUT2D eigenvalue weighted by molar-refractivity contribution is 0.262. The third-order valence-electron chi connectivity index (χ3n) is 4.04. The largest absolute Gasteiger partial charge is 0.325 e. The highest BCUT2D eigenvalue weighted by molar-refractivity contribution is 7.14. The van der Waals surface area contributed by atoms with Gasteiger partial charge in [-0.25, -0.2) is 9.78 Å². The number of hydrogen-bond acceptors (Lipinski definition) is 3. The Hall–Kier alpha value is -3.44. The Morgan fingerprint density at radius 2 is 1.30 bits per heavy atom. The van der Waals surface area contributed by atoms with Gasteiger partial charge >= 0.3 is 6.03 Å². The molecule has 3 aromatic carbocycles. The maximum Gasteiger partial charge on any atom is 0.325 e. The van der Waals surface area contributed by atoms with Crippen LogP contribution in [0.3, 0.4) is 0 Å². The number of carbonyl (C=O) groups is 1. The van der Waals surface area contributed by atoms with Gasteiger partial charge in [0.2, 0.25) is 0 Å². The standard InChI is InChI=1S/C22H17N3OS/c26-21(23-19-9-5-2-6-10-19)25-22-24-20(15-27-22)18-13-11-17(12-14-18)16-7-3-1-4-8-16/h1-15H,(H2,23,24,25,26). The number of aromatic nitrogens is 1. The smallest absolute Gasteiger partial charge is 0.308 e. The lowest BCUT2D eigenvalue weighted by atomic mass is 10.0. The van der Waals surface area contributed by atoms with Crippen LogP contribution in [0.15, 0.2) is 90.3 Å². The molecule has 0 aliphatic heterocycles. The number of nitrogens with one attached hydrogen (secondary N) is 2. The summed E-state index contributed by atoms with van der Waals surface area (Å²) in [7, 11) is 0. The van der Waals surface area contributed by atoms with Gasteiger partial charge in [0.25, 0.3) is 0 Å². The van der Waals surface area contributed by atoms with Crippen LogP contribution in [0.4, 0.5) is 15.6 Å². The van der Waals surface area contributed by atoms with Crippen LogP contribution in [-0.4, -0.2) is 11.0 Å². The number of rotatable bonds is 4. The van der Waals surface area contributed by atoms with E-state index in [0.717, 1.165) is 22.5 Å². The predicted octanol–water partition coefficient (Wildman–Crippen LogP) is 6.12. The van der Waals surface area contributed by atoms with Gasteiger partial charge in [0.1, 0.15) is 0 Å². The van der Waals surface area contributed by atoms with E-state index in [4.69, 9.17) is 0 Å². The van der Waals surface area contributed by atoms with E-state index in [1.54, 1.807) is 0 Å². The summed E-state index contributed by atoms with van der Waals surface area (Å²) in [4.78, 5) is 16.6. The molecule has 1 heterocycles. The summed E-state index contributed by atoms with van der Waals surface area (Å²) in [6.45, 7) is 0. The van der Waals surface area contributed by atoms with Crippen LogP contribution >= 0.6 is 11.3 Å². The number of para-hydroxylation sites is 1.